The number of hydrogen-bond donors (Lipinski definition) is 1. The zero-order chi connectivity index (χ0) is 27.1. The molecule has 1 aliphatic rings. The molecule has 1 saturated heterocycles. The molecule has 1 aliphatic heterocycles. The van der Waals surface area contributed by atoms with Crippen molar-refractivity contribution in [1.29, 1.82) is 0 Å². The molecule has 38 heavy (non-hydrogen) atoms. The first-order chi connectivity index (χ1) is 18.4. The molecule has 1 N–H and O–H groups in total. The van der Waals surface area contributed by atoms with Gasteiger partial charge in [-0.15, -0.1) is 0 Å². The summed E-state index contributed by atoms with van der Waals surface area (Å²) in [6.07, 6.45) is -5.82. The third-order valence-corrected chi connectivity index (χ3v) is 6.46. The lowest BCUT2D eigenvalue weighted by atomic mass is 9.80. The van der Waals surface area contributed by atoms with Crippen molar-refractivity contribution >= 4 is 11.9 Å². The van der Waals surface area contributed by atoms with E-state index in [4.69, 9.17) is 23.7 Å². The quantitative estimate of drug-likeness (QED) is 0.338. The van der Waals surface area contributed by atoms with E-state index in [1.165, 1.54) is 21.0 Å². The van der Waals surface area contributed by atoms with Crippen LogP contribution in [0, 0.1) is 0 Å². The van der Waals surface area contributed by atoms with Gasteiger partial charge in [0, 0.05) is 21.0 Å². The molecule has 1 fully saturated rings. The number of aliphatic hydroxyl groups is 1. The van der Waals surface area contributed by atoms with E-state index in [0.717, 1.165) is 16.7 Å². The predicted octanol–water partition coefficient (Wildman–Crippen LogP) is 3.59. The van der Waals surface area contributed by atoms with Crippen molar-refractivity contribution in [3.8, 4) is 0 Å². The van der Waals surface area contributed by atoms with Crippen LogP contribution in [0.5, 0.6) is 0 Å². The molecule has 0 unspecified atom stereocenters. The first-order valence-corrected chi connectivity index (χ1v) is 12.4. The van der Waals surface area contributed by atoms with Crippen LogP contribution in [0.4, 0.5) is 0 Å². The Hall–Kier alpha value is -3.56. The molecule has 0 spiro atoms. The van der Waals surface area contributed by atoms with Crippen molar-refractivity contribution in [2.75, 3.05) is 13.7 Å². The third kappa shape index (κ3) is 5.79. The molecule has 5 atom stereocenters. The van der Waals surface area contributed by atoms with Crippen LogP contribution in [0.3, 0.4) is 0 Å². The van der Waals surface area contributed by atoms with Crippen molar-refractivity contribution in [3.63, 3.8) is 0 Å². The van der Waals surface area contributed by atoms with Crippen LogP contribution in [0.15, 0.2) is 91.0 Å². The van der Waals surface area contributed by atoms with Gasteiger partial charge in [-0.05, 0) is 16.7 Å². The summed E-state index contributed by atoms with van der Waals surface area (Å²) >= 11 is 0. The highest BCUT2D eigenvalue weighted by Gasteiger charge is 2.50. The van der Waals surface area contributed by atoms with Crippen molar-refractivity contribution < 1.29 is 38.4 Å². The molecule has 0 radical (unpaired) electrons. The summed E-state index contributed by atoms with van der Waals surface area (Å²) in [5.74, 6) is -1.27. The van der Waals surface area contributed by atoms with E-state index in [2.05, 4.69) is 0 Å². The minimum absolute atomic E-state index is 0.107. The largest absolute Gasteiger partial charge is 0.455 e. The topological polar surface area (TPSA) is 101 Å². The highest BCUT2D eigenvalue weighted by atomic mass is 16.7. The average Bonchev–Trinajstić information content (AvgIpc) is 2.93. The van der Waals surface area contributed by atoms with Crippen molar-refractivity contribution in [2.45, 2.75) is 50.2 Å². The maximum absolute atomic E-state index is 11.9. The van der Waals surface area contributed by atoms with Gasteiger partial charge in [-0.3, -0.25) is 9.59 Å². The molecule has 0 aromatic heterocycles. The van der Waals surface area contributed by atoms with Gasteiger partial charge in [0.1, 0.15) is 17.8 Å². The van der Waals surface area contributed by atoms with Crippen molar-refractivity contribution in [3.05, 3.63) is 108 Å². The predicted molar refractivity (Wildman–Crippen MR) is 138 cm³/mol. The zero-order valence-electron chi connectivity index (χ0n) is 21.6. The highest BCUT2D eigenvalue weighted by Crippen LogP contribution is 2.41. The molecule has 8 nitrogen and oxygen atoms in total. The summed E-state index contributed by atoms with van der Waals surface area (Å²) in [6, 6.07) is 29.3. The first kappa shape index (κ1) is 27.5. The Morgan fingerprint density at radius 3 is 1.58 bits per heavy atom. The Labute approximate surface area is 222 Å². The van der Waals surface area contributed by atoms with E-state index >= 15 is 0 Å². The summed E-state index contributed by atoms with van der Waals surface area (Å²) in [4.78, 5) is 23.6. The molecule has 200 valence electrons. The molecule has 4 rings (SSSR count). The lowest BCUT2D eigenvalue weighted by Gasteiger charge is -2.44. The molecule has 0 aliphatic carbocycles. The van der Waals surface area contributed by atoms with Crippen LogP contribution >= 0.6 is 0 Å². The number of ether oxygens (including phenoxy) is 5. The van der Waals surface area contributed by atoms with Gasteiger partial charge in [0.25, 0.3) is 0 Å². The minimum atomic E-state index is -1.37. The van der Waals surface area contributed by atoms with Crippen LogP contribution in [0.25, 0.3) is 0 Å². The van der Waals surface area contributed by atoms with Crippen LogP contribution in [-0.2, 0) is 38.9 Å². The average molecular weight is 521 g/mol. The van der Waals surface area contributed by atoms with Gasteiger partial charge < -0.3 is 28.8 Å². The second-order valence-electron chi connectivity index (χ2n) is 9.01. The van der Waals surface area contributed by atoms with Gasteiger partial charge >= 0.3 is 11.9 Å². The number of methoxy groups -OCH3 is 1. The maximum Gasteiger partial charge on any atom is 0.303 e. The summed E-state index contributed by atoms with van der Waals surface area (Å²) in [7, 11) is 1.38. The zero-order valence-corrected chi connectivity index (χ0v) is 21.6. The van der Waals surface area contributed by atoms with Gasteiger partial charge in [0.15, 0.2) is 18.5 Å². The van der Waals surface area contributed by atoms with Gasteiger partial charge in [0.05, 0.1) is 6.61 Å². The summed E-state index contributed by atoms with van der Waals surface area (Å²) in [5.41, 5.74) is 1.57. The molecular weight excluding hydrogens is 488 g/mol. The summed E-state index contributed by atoms with van der Waals surface area (Å²) < 4.78 is 28.9. The molecule has 1 heterocycles. The third-order valence-electron chi connectivity index (χ3n) is 6.46. The number of hydrogen-bond acceptors (Lipinski definition) is 8. The van der Waals surface area contributed by atoms with Gasteiger partial charge in [0.2, 0.25) is 0 Å². The van der Waals surface area contributed by atoms with E-state index in [1.54, 1.807) is 0 Å². The molecule has 3 aromatic carbocycles. The Morgan fingerprint density at radius 1 is 0.763 bits per heavy atom. The lowest BCUT2D eigenvalue weighted by Crippen LogP contribution is -2.61. The van der Waals surface area contributed by atoms with E-state index in [-0.39, 0.29) is 6.61 Å². The molecule has 8 heteroatoms. The lowest BCUT2D eigenvalue weighted by molar-refractivity contribution is -0.304. The van der Waals surface area contributed by atoms with Crippen LogP contribution in [0.1, 0.15) is 30.5 Å². The van der Waals surface area contributed by atoms with E-state index < -0.39 is 48.2 Å². The van der Waals surface area contributed by atoms with E-state index in [1.807, 2.05) is 91.0 Å². The van der Waals surface area contributed by atoms with Crippen LogP contribution in [0.2, 0.25) is 0 Å². The number of rotatable bonds is 9. The molecule has 0 bridgehead atoms. The molecule has 0 amide bonds. The molecule has 0 saturated carbocycles. The molecule has 3 aromatic rings. The van der Waals surface area contributed by atoms with Gasteiger partial charge in [-0.1, -0.05) is 91.0 Å². The maximum atomic E-state index is 11.9. The van der Waals surface area contributed by atoms with E-state index in [9.17, 15) is 14.7 Å². The van der Waals surface area contributed by atoms with Gasteiger partial charge in [-0.2, -0.15) is 0 Å². The number of carbonyl (C=O) groups is 2. The van der Waals surface area contributed by atoms with Crippen LogP contribution < -0.4 is 0 Å². The number of aliphatic hydroxyl groups excluding tert-OH is 1. The van der Waals surface area contributed by atoms with Crippen molar-refractivity contribution in [1.82, 2.24) is 0 Å². The fourth-order valence-electron chi connectivity index (χ4n) is 4.84. The number of esters is 2. The fraction of sp³-hybridized carbons (Fsp3) is 0.333. The SMILES string of the molecule is CO[C@H]1O[C@H](COC(c2ccccc2)(c2ccccc2)c2ccccc2)[C@@H](O)[C@H](OC(C)=O)[C@H]1OC(C)=O. The molecular formula is C30H32O8. The van der Waals surface area contributed by atoms with Crippen molar-refractivity contribution in [2.24, 2.45) is 0 Å². The highest BCUT2D eigenvalue weighted by molar-refractivity contribution is 5.67. The fourth-order valence-corrected chi connectivity index (χ4v) is 4.84. The smallest absolute Gasteiger partial charge is 0.303 e. The number of carbonyl (C=O) groups excluding carboxylic acids is 2. The second-order valence-corrected chi connectivity index (χ2v) is 9.01. The Kier molecular flexibility index (Phi) is 8.91. The Morgan fingerprint density at radius 2 is 1.18 bits per heavy atom. The first-order valence-electron chi connectivity index (χ1n) is 12.4. The minimum Gasteiger partial charge on any atom is -0.455 e. The Bertz CT molecular complexity index is 1090. The van der Waals surface area contributed by atoms with Gasteiger partial charge in [-0.25, -0.2) is 0 Å². The Balaban J connectivity index is 1.74. The van der Waals surface area contributed by atoms with E-state index in [0.29, 0.717) is 0 Å². The normalized spacial score (nSPS) is 23.4. The number of benzene rings is 3. The summed E-state index contributed by atoms with van der Waals surface area (Å²) in [6.45, 7) is 2.32. The summed E-state index contributed by atoms with van der Waals surface area (Å²) in [5, 5.41) is 11.3. The monoisotopic (exact) mass is 520 g/mol. The van der Waals surface area contributed by atoms with Crippen LogP contribution in [-0.4, -0.2) is 61.5 Å². The second kappa shape index (κ2) is 12.3. The standard InChI is InChI=1S/C30H32O8/c1-20(31)36-27-26(33)25(38-29(34-3)28(27)37-21(2)32)19-35-30(22-13-7-4-8-14-22,23-15-9-5-10-16-23)24-17-11-6-12-18-24/h4-18,25-29,33H,19H2,1-3H3/t25-,26-,27+,28-,29+/m1/s1.